The van der Waals surface area contributed by atoms with Crippen molar-refractivity contribution in [3.63, 3.8) is 0 Å². The summed E-state index contributed by atoms with van der Waals surface area (Å²) < 4.78 is 34.0. The maximum Gasteiger partial charge on any atom is 0.186 e. The Bertz CT molecular complexity index is 1120. The molecule has 1 aromatic carbocycles. The molecule has 0 saturated carbocycles. The number of pyridine rings is 1. The van der Waals surface area contributed by atoms with E-state index >= 15 is 0 Å². The van der Waals surface area contributed by atoms with Crippen molar-refractivity contribution < 1.29 is 28.5 Å². The van der Waals surface area contributed by atoms with Crippen molar-refractivity contribution in [2.24, 2.45) is 0 Å². The maximum absolute atomic E-state index is 14.1. The summed E-state index contributed by atoms with van der Waals surface area (Å²) in [6.45, 7) is 3.20. The van der Waals surface area contributed by atoms with Crippen LogP contribution < -0.4 is 0 Å². The van der Waals surface area contributed by atoms with Gasteiger partial charge in [-0.15, -0.1) is 11.3 Å². The number of aromatic nitrogens is 2. The molecule has 9 heteroatoms. The number of carbonyl (C=O) groups excluding carboxylic acids is 1. The number of nitrogens with zero attached hydrogens (tertiary/aromatic N) is 2. The van der Waals surface area contributed by atoms with E-state index in [1.807, 2.05) is 0 Å². The van der Waals surface area contributed by atoms with Gasteiger partial charge >= 0.3 is 0 Å². The number of hydrogen-bond acceptors (Lipinski definition) is 7. The molecule has 6 nitrogen and oxygen atoms in total. The first-order valence-corrected chi connectivity index (χ1v) is 11.0. The number of rotatable bonds is 5. The van der Waals surface area contributed by atoms with Crippen LogP contribution in [-0.4, -0.2) is 43.8 Å². The number of thiazole rings is 1. The van der Waals surface area contributed by atoms with Crippen LogP contribution >= 0.6 is 11.3 Å². The van der Waals surface area contributed by atoms with Crippen molar-refractivity contribution in [1.29, 1.82) is 0 Å². The van der Waals surface area contributed by atoms with Crippen molar-refractivity contribution in [1.82, 2.24) is 9.97 Å². The number of hydrogen-bond donors (Lipinski definition) is 2. The van der Waals surface area contributed by atoms with E-state index in [0.717, 1.165) is 23.5 Å². The Labute approximate surface area is 187 Å². The summed E-state index contributed by atoms with van der Waals surface area (Å²) in [5, 5.41) is 22.3. The van der Waals surface area contributed by atoms with Gasteiger partial charge in [0.05, 0.1) is 23.9 Å². The van der Waals surface area contributed by atoms with Crippen LogP contribution in [0.15, 0.2) is 42.0 Å². The predicted molar refractivity (Wildman–Crippen MR) is 114 cm³/mol. The lowest BCUT2D eigenvalue weighted by Crippen LogP contribution is -2.54. The minimum atomic E-state index is -1.38. The molecular weight excluding hydrogens is 438 g/mol. The minimum absolute atomic E-state index is 0.0488. The summed E-state index contributed by atoms with van der Waals surface area (Å²) in [7, 11) is 0. The summed E-state index contributed by atoms with van der Waals surface area (Å²) in [5.74, 6) is -1.83. The van der Waals surface area contributed by atoms with Gasteiger partial charge in [-0.25, -0.2) is 13.8 Å². The topological polar surface area (TPSA) is 92.5 Å². The molecule has 168 valence electrons. The number of ether oxygens (including phenoxy) is 1. The molecule has 2 N–H and O–H groups in total. The average Bonchev–Trinajstić information content (AvgIpc) is 3.22. The first kappa shape index (κ1) is 22.6. The predicted octanol–water partition coefficient (Wildman–Crippen LogP) is 3.87. The number of aliphatic hydroxyl groups is 2. The zero-order valence-corrected chi connectivity index (χ0v) is 18.3. The molecule has 0 bridgehead atoms. The van der Waals surface area contributed by atoms with Gasteiger partial charge in [0.25, 0.3) is 0 Å². The van der Waals surface area contributed by atoms with Crippen LogP contribution in [-0.2, 0) is 11.2 Å². The summed E-state index contributed by atoms with van der Waals surface area (Å²) in [5.41, 5.74) is -0.258. The Morgan fingerprint density at radius 1 is 1.31 bits per heavy atom. The fourth-order valence-corrected chi connectivity index (χ4v) is 4.61. The third kappa shape index (κ3) is 4.21. The van der Waals surface area contributed by atoms with Gasteiger partial charge in [-0.3, -0.25) is 9.78 Å². The zero-order chi connectivity index (χ0) is 23.0. The number of Topliss-reactive ketones (excluding diaryl/α,β-unsaturated/α-hetero) is 1. The molecule has 0 amide bonds. The van der Waals surface area contributed by atoms with Crippen LogP contribution in [0, 0.1) is 11.6 Å². The van der Waals surface area contributed by atoms with E-state index in [4.69, 9.17) is 4.74 Å². The molecule has 1 aliphatic heterocycles. The van der Waals surface area contributed by atoms with Gasteiger partial charge in [0, 0.05) is 30.6 Å². The number of halogens is 2. The maximum atomic E-state index is 14.1. The fraction of sp³-hybridized carbons (Fsp3) is 0.348. The van der Waals surface area contributed by atoms with Crippen molar-refractivity contribution in [3.8, 4) is 10.6 Å². The molecular formula is C23H22F2N2O4S. The van der Waals surface area contributed by atoms with Crippen LogP contribution in [0.2, 0.25) is 0 Å². The van der Waals surface area contributed by atoms with Crippen molar-refractivity contribution in [2.75, 3.05) is 0 Å². The smallest absolute Gasteiger partial charge is 0.186 e. The molecule has 1 aliphatic rings. The lowest BCUT2D eigenvalue weighted by Gasteiger charge is -2.43. The van der Waals surface area contributed by atoms with Gasteiger partial charge in [0.2, 0.25) is 0 Å². The molecule has 1 saturated heterocycles. The van der Waals surface area contributed by atoms with E-state index in [2.05, 4.69) is 9.97 Å². The highest BCUT2D eigenvalue weighted by Crippen LogP contribution is 2.38. The van der Waals surface area contributed by atoms with Crippen LogP contribution in [0.3, 0.4) is 0 Å². The molecule has 1 fully saturated rings. The first-order valence-electron chi connectivity index (χ1n) is 10.1. The van der Waals surface area contributed by atoms with Gasteiger partial charge in [-0.05, 0) is 43.2 Å². The quantitative estimate of drug-likeness (QED) is 0.562. The Morgan fingerprint density at radius 3 is 2.72 bits per heavy atom. The summed E-state index contributed by atoms with van der Waals surface area (Å²) in [6.07, 6.45) is 1.09. The first-order chi connectivity index (χ1) is 15.2. The molecule has 4 atom stereocenters. The molecule has 2 aromatic heterocycles. The standard InChI is InChI=1S/C23H22F2N2O4S/c1-12-23(2,30)20(29)9-19(31-12)14-6-7-26-10-13(14)8-18(28)17-11-32-22(27-17)21-15(24)4-3-5-16(21)25/h3-7,10-12,19-20,29-30H,8-9H2,1-2H3/t12-,19-,20-,23-/m0/s1. The van der Waals surface area contributed by atoms with E-state index in [1.165, 1.54) is 18.4 Å². The highest BCUT2D eigenvalue weighted by atomic mass is 32.1. The monoisotopic (exact) mass is 460 g/mol. The van der Waals surface area contributed by atoms with Gasteiger partial charge in [-0.2, -0.15) is 0 Å². The molecule has 0 aliphatic carbocycles. The summed E-state index contributed by atoms with van der Waals surface area (Å²) >= 11 is 0.989. The Balaban J connectivity index is 1.56. The summed E-state index contributed by atoms with van der Waals surface area (Å²) in [4.78, 5) is 21.1. The van der Waals surface area contributed by atoms with Gasteiger partial charge in [0.1, 0.15) is 27.9 Å². The van der Waals surface area contributed by atoms with Crippen molar-refractivity contribution in [3.05, 3.63) is 70.5 Å². The second-order valence-corrected chi connectivity index (χ2v) is 8.91. The number of carbonyl (C=O) groups is 1. The van der Waals surface area contributed by atoms with E-state index < -0.39 is 35.5 Å². The Morgan fingerprint density at radius 2 is 2.03 bits per heavy atom. The molecule has 0 spiro atoms. The zero-order valence-electron chi connectivity index (χ0n) is 17.5. The fourth-order valence-electron chi connectivity index (χ4n) is 3.73. The van der Waals surface area contributed by atoms with E-state index in [9.17, 15) is 23.8 Å². The Hall–Kier alpha value is -2.59. The van der Waals surface area contributed by atoms with Crippen LogP contribution in [0.5, 0.6) is 0 Å². The third-order valence-electron chi connectivity index (χ3n) is 5.91. The van der Waals surface area contributed by atoms with Crippen molar-refractivity contribution >= 4 is 17.1 Å². The Kier molecular flexibility index (Phi) is 6.17. The van der Waals surface area contributed by atoms with Crippen molar-refractivity contribution in [2.45, 2.75) is 50.6 Å². The van der Waals surface area contributed by atoms with Crippen LogP contribution in [0.25, 0.3) is 10.6 Å². The van der Waals surface area contributed by atoms with E-state index in [0.29, 0.717) is 11.1 Å². The number of aliphatic hydroxyl groups excluding tert-OH is 1. The molecule has 0 radical (unpaired) electrons. The van der Waals surface area contributed by atoms with Gasteiger partial charge < -0.3 is 14.9 Å². The van der Waals surface area contributed by atoms with E-state index in [1.54, 1.807) is 25.4 Å². The largest absolute Gasteiger partial charge is 0.390 e. The second kappa shape index (κ2) is 8.74. The normalized spacial score (nSPS) is 25.6. The number of benzene rings is 1. The molecule has 0 unspecified atom stereocenters. The highest BCUT2D eigenvalue weighted by Gasteiger charge is 2.44. The summed E-state index contributed by atoms with van der Waals surface area (Å²) in [6, 6.07) is 5.26. The van der Waals surface area contributed by atoms with E-state index in [-0.39, 0.29) is 34.9 Å². The minimum Gasteiger partial charge on any atom is -0.390 e. The molecule has 4 rings (SSSR count). The average molecular weight is 461 g/mol. The van der Waals surface area contributed by atoms with Crippen LogP contribution in [0.1, 0.15) is 48.0 Å². The van der Waals surface area contributed by atoms with Gasteiger partial charge in [0.15, 0.2) is 5.78 Å². The second-order valence-electron chi connectivity index (χ2n) is 8.05. The number of ketones is 1. The molecule has 3 heterocycles. The SMILES string of the molecule is C[C@@H]1O[C@H](c2ccncc2CC(=O)c2csc(-c3c(F)cccc3F)n2)C[C@H](O)[C@@]1(C)O. The highest BCUT2D eigenvalue weighted by molar-refractivity contribution is 7.13. The van der Waals surface area contributed by atoms with Crippen LogP contribution in [0.4, 0.5) is 8.78 Å². The van der Waals surface area contributed by atoms with Gasteiger partial charge in [-0.1, -0.05) is 6.07 Å². The lowest BCUT2D eigenvalue weighted by molar-refractivity contribution is -0.215. The third-order valence-corrected chi connectivity index (χ3v) is 6.77. The molecule has 32 heavy (non-hydrogen) atoms. The lowest BCUT2D eigenvalue weighted by atomic mass is 9.84. The molecule has 3 aromatic rings.